The lowest BCUT2D eigenvalue weighted by Crippen LogP contribution is -2.01. The average molecular weight is 716 g/mol. The maximum atomic E-state index is 6.80. The van der Waals surface area contributed by atoms with Crippen molar-refractivity contribution in [1.29, 1.82) is 0 Å². The zero-order valence-electron chi connectivity index (χ0n) is 29.9. The quantitative estimate of drug-likeness (QED) is 0.181. The van der Waals surface area contributed by atoms with Crippen LogP contribution in [0.5, 0.6) is 0 Å². The highest BCUT2D eigenvalue weighted by atomic mass is 16.3. The summed E-state index contributed by atoms with van der Waals surface area (Å²) in [4.78, 5) is 15.8. The number of fused-ring (bicyclic) bond motifs is 10. The molecule has 0 saturated carbocycles. The summed E-state index contributed by atoms with van der Waals surface area (Å²) in [5, 5.41) is 10.8. The van der Waals surface area contributed by atoms with Gasteiger partial charge in [0.1, 0.15) is 22.3 Å². The van der Waals surface area contributed by atoms with Crippen molar-refractivity contribution in [3.05, 3.63) is 176 Å². The molecule has 12 rings (SSSR count). The lowest BCUT2D eigenvalue weighted by Gasteiger charge is -2.11. The van der Waals surface area contributed by atoms with Gasteiger partial charge in [0.2, 0.25) is 0 Å². The Morgan fingerprint density at radius 3 is 1.50 bits per heavy atom. The fourth-order valence-corrected chi connectivity index (χ4v) is 8.57. The molecule has 0 amide bonds. The van der Waals surface area contributed by atoms with Gasteiger partial charge in [0, 0.05) is 43.6 Å². The maximum absolute atomic E-state index is 6.80. The monoisotopic (exact) mass is 715 g/mol. The van der Waals surface area contributed by atoms with E-state index < -0.39 is 0 Å². The molecule has 0 aliphatic heterocycles. The first-order chi connectivity index (χ1) is 27.8. The van der Waals surface area contributed by atoms with Crippen LogP contribution in [-0.2, 0) is 0 Å². The second kappa shape index (κ2) is 11.9. The summed E-state index contributed by atoms with van der Waals surface area (Å²) in [5.41, 5.74) is 7.95. The van der Waals surface area contributed by atoms with Gasteiger partial charge in [0.15, 0.2) is 17.5 Å². The lowest BCUT2D eigenvalue weighted by molar-refractivity contribution is 0.670. The van der Waals surface area contributed by atoms with Gasteiger partial charge in [-0.3, -0.25) is 0 Å². The molecule has 12 aromatic rings. The smallest absolute Gasteiger partial charge is 0.167 e. The molecule has 0 spiro atoms. The van der Waals surface area contributed by atoms with Crippen molar-refractivity contribution < 1.29 is 8.83 Å². The Morgan fingerprint density at radius 1 is 0.268 bits per heavy atom. The van der Waals surface area contributed by atoms with Crippen molar-refractivity contribution in [2.24, 2.45) is 0 Å². The lowest BCUT2D eigenvalue weighted by atomic mass is 9.96. The van der Waals surface area contributed by atoms with Crippen LogP contribution in [-0.4, -0.2) is 15.0 Å². The molecule has 0 saturated heterocycles. The number of para-hydroxylation sites is 2. The minimum Gasteiger partial charge on any atom is -0.455 e. The summed E-state index contributed by atoms with van der Waals surface area (Å²) >= 11 is 0. The van der Waals surface area contributed by atoms with Crippen LogP contribution < -0.4 is 0 Å². The van der Waals surface area contributed by atoms with E-state index in [2.05, 4.69) is 158 Å². The summed E-state index contributed by atoms with van der Waals surface area (Å²) in [5.74, 6) is 1.68. The fourth-order valence-electron chi connectivity index (χ4n) is 8.57. The van der Waals surface area contributed by atoms with E-state index in [0.717, 1.165) is 93.2 Å². The van der Waals surface area contributed by atoms with Crippen LogP contribution in [0.2, 0.25) is 0 Å². The molecule has 0 aliphatic rings. The van der Waals surface area contributed by atoms with Crippen molar-refractivity contribution in [2.45, 2.75) is 0 Å². The number of hydrogen-bond acceptors (Lipinski definition) is 5. The van der Waals surface area contributed by atoms with Gasteiger partial charge in [-0.25, -0.2) is 15.0 Å². The van der Waals surface area contributed by atoms with Gasteiger partial charge in [-0.2, -0.15) is 0 Å². The summed E-state index contributed by atoms with van der Waals surface area (Å²) in [7, 11) is 0. The molecule has 3 aromatic heterocycles. The summed E-state index contributed by atoms with van der Waals surface area (Å²) in [6.45, 7) is 0. The minimum absolute atomic E-state index is 0.535. The van der Waals surface area contributed by atoms with Crippen LogP contribution in [0.4, 0.5) is 0 Å². The van der Waals surface area contributed by atoms with Gasteiger partial charge in [0.05, 0.1) is 5.56 Å². The number of rotatable bonds is 4. The van der Waals surface area contributed by atoms with Crippen molar-refractivity contribution >= 4 is 76.2 Å². The average Bonchev–Trinajstić information content (AvgIpc) is 3.85. The molecule has 56 heavy (non-hydrogen) atoms. The standard InChI is InChI=1S/C51H29N3O2/c1-4-17-33-30(12-1)15-7-20-36(33)37-21-9-24-41-45-42(25-11-27-44(45)55-47(37)41)50-52-49(40-23-8-16-31-13-2-5-18-34(31)40)53-51(54-50)43-26-10-22-38-39-29-28-32-14-3-6-19-35(32)46(39)56-48(38)43/h1-29H. The minimum atomic E-state index is 0.535. The van der Waals surface area contributed by atoms with E-state index in [4.69, 9.17) is 23.8 Å². The fraction of sp³-hybridized carbons (Fsp3) is 0. The Kier molecular flexibility index (Phi) is 6.56. The van der Waals surface area contributed by atoms with E-state index in [1.54, 1.807) is 0 Å². The third kappa shape index (κ3) is 4.58. The van der Waals surface area contributed by atoms with Crippen molar-refractivity contribution in [3.63, 3.8) is 0 Å². The van der Waals surface area contributed by atoms with Gasteiger partial charge < -0.3 is 8.83 Å². The van der Waals surface area contributed by atoms with Crippen molar-refractivity contribution in [2.75, 3.05) is 0 Å². The highest BCUT2D eigenvalue weighted by molar-refractivity contribution is 6.18. The van der Waals surface area contributed by atoms with Crippen LogP contribution in [0, 0.1) is 0 Å². The largest absolute Gasteiger partial charge is 0.455 e. The molecular formula is C51H29N3O2. The highest BCUT2D eigenvalue weighted by Gasteiger charge is 2.22. The van der Waals surface area contributed by atoms with E-state index in [9.17, 15) is 0 Å². The third-order valence-corrected chi connectivity index (χ3v) is 11.1. The zero-order valence-corrected chi connectivity index (χ0v) is 29.9. The molecule has 0 unspecified atom stereocenters. The molecular weight excluding hydrogens is 687 g/mol. The predicted molar refractivity (Wildman–Crippen MR) is 229 cm³/mol. The van der Waals surface area contributed by atoms with Gasteiger partial charge in [-0.05, 0) is 50.7 Å². The first kappa shape index (κ1) is 30.8. The molecule has 0 aliphatic carbocycles. The zero-order chi connectivity index (χ0) is 36.7. The van der Waals surface area contributed by atoms with E-state index in [0.29, 0.717) is 17.5 Å². The summed E-state index contributed by atoms with van der Waals surface area (Å²) in [6, 6.07) is 60.9. The molecule has 0 N–H and O–H groups in total. The number of furan rings is 2. The third-order valence-electron chi connectivity index (χ3n) is 11.1. The van der Waals surface area contributed by atoms with E-state index in [-0.39, 0.29) is 0 Å². The topological polar surface area (TPSA) is 65.0 Å². The molecule has 5 heteroatoms. The first-order valence-electron chi connectivity index (χ1n) is 18.8. The van der Waals surface area contributed by atoms with E-state index in [1.807, 2.05) is 18.2 Å². The van der Waals surface area contributed by atoms with Gasteiger partial charge in [-0.1, -0.05) is 158 Å². The Bertz CT molecular complexity index is 3550. The van der Waals surface area contributed by atoms with Gasteiger partial charge in [0.25, 0.3) is 0 Å². The number of benzene rings is 9. The predicted octanol–water partition coefficient (Wildman–Crippen LogP) is 13.8. The Labute approximate surface area is 320 Å². The van der Waals surface area contributed by atoms with Crippen molar-refractivity contribution in [3.8, 4) is 45.3 Å². The molecule has 0 radical (unpaired) electrons. The molecule has 9 aromatic carbocycles. The molecule has 0 bridgehead atoms. The number of nitrogens with zero attached hydrogens (tertiary/aromatic N) is 3. The van der Waals surface area contributed by atoms with Crippen LogP contribution in [0.15, 0.2) is 185 Å². The second-order valence-electron chi connectivity index (χ2n) is 14.3. The number of aromatic nitrogens is 3. The van der Waals surface area contributed by atoms with E-state index in [1.165, 1.54) is 10.8 Å². The van der Waals surface area contributed by atoms with Crippen LogP contribution >= 0.6 is 0 Å². The molecule has 3 heterocycles. The van der Waals surface area contributed by atoms with Crippen molar-refractivity contribution in [1.82, 2.24) is 15.0 Å². The second-order valence-corrected chi connectivity index (χ2v) is 14.3. The van der Waals surface area contributed by atoms with Crippen LogP contribution in [0.25, 0.3) is 121 Å². The van der Waals surface area contributed by atoms with Crippen LogP contribution in [0.3, 0.4) is 0 Å². The van der Waals surface area contributed by atoms with Gasteiger partial charge in [-0.15, -0.1) is 0 Å². The highest BCUT2D eigenvalue weighted by Crippen LogP contribution is 2.43. The number of hydrogen-bond donors (Lipinski definition) is 0. The summed E-state index contributed by atoms with van der Waals surface area (Å²) in [6.07, 6.45) is 0. The Morgan fingerprint density at radius 2 is 0.732 bits per heavy atom. The molecule has 260 valence electrons. The Balaban J connectivity index is 1.14. The maximum Gasteiger partial charge on any atom is 0.167 e. The molecule has 0 atom stereocenters. The normalized spacial score (nSPS) is 11.9. The SMILES string of the molecule is c1ccc2c(-c3nc(-c4cccc5c4oc4c6ccccc6ccc54)nc(-c4cccc5oc6c(-c7cccc8ccccc78)cccc6c45)n3)cccc2c1. The summed E-state index contributed by atoms with van der Waals surface area (Å²) < 4.78 is 13.6. The van der Waals surface area contributed by atoms with E-state index >= 15 is 0 Å². The molecule has 0 fully saturated rings. The Hall–Kier alpha value is -7.63. The van der Waals surface area contributed by atoms with Crippen LogP contribution in [0.1, 0.15) is 0 Å². The van der Waals surface area contributed by atoms with Gasteiger partial charge >= 0.3 is 0 Å². The first-order valence-corrected chi connectivity index (χ1v) is 18.8. The molecule has 5 nitrogen and oxygen atoms in total.